The molecule has 0 saturated heterocycles. The average Bonchev–Trinajstić information content (AvgIpc) is 2.79. The number of fused-ring (bicyclic) bond motifs is 1. The zero-order valence-corrected chi connectivity index (χ0v) is 18.6. The summed E-state index contributed by atoms with van der Waals surface area (Å²) in [6, 6.07) is 14.9. The molecule has 0 aliphatic heterocycles. The lowest BCUT2D eigenvalue weighted by molar-refractivity contribution is 0.600. The standard InChI is InChI=1S/C23H19FN6O2S/c1-3-30(22-15(12-25)21(26)27-13-28-22)23-18(14-8-5-4-6-9-14)20(33(2,31)32)19-16(24)10-7-11-17(19)29-23/h4-11,13H,3H2,1-2H3,(H2,26,27,28). The van der Waals surface area contributed by atoms with Crippen LogP contribution in [-0.2, 0) is 9.84 Å². The molecular formula is C23H19FN6O2S. The highest BCUT2D eigenvalue weighted by atomic mass is 32.2. The molecule has 0 bridgehead atoms. The molecule has 4 aromatic rings. The molecule has 2 aromatic heterocycles. The van der Waals surface area contributed by atoms with Crippen molar-refractivity contribution >= 4 is 38.2 Å². The van der Waals surface area contributed by atoms with Crippen molar-refractivity contribution in [1.82, 2.24) is 15.0 Å². The summed E-state index contributed by atoms with van der Waals surface area (Å²) in [6.45, 7) is 2.06. The predicted molar refractivity (Wildman–Crippen MR) is 124 cm³/mol. The molecule has 0 spiro atoms. The topological polar surface area (TPSA) is 126 Å². The SMILES string of the molecule is CCN(c1ncnc(N)c1C#N)c1nc2cccc(F)c2c(S(C)(=O)=O)c1-c1ccccc1. The lowest BCUT2D eigenvalue weighted by Gasteiger charge is -2.26. The van der Waals surface area contributed by atoms with Crippen LogP contribution in [-0.4, -0.2) is 36.2 Å². The number of nitrogens with zero attached hydrogens (tertiary/aromatic N) is 5. The summed E-state index contributed by atoms with van der Waals surface area (Å²) >= 11 is 0. The average molecular weight is 463 g/mol. The monoisotopic (exact) mass is 462 g/mol. The van der Waals surface area contributed by atoms with Crippen molar-refractivity contribution in [3.63, 3.8) is 0 Å². The Labute approximate surface area is 190 Å². The lowest BCUT2D eigenvalue weighted by atomic mass is 10.0. The van der Waals surface area contributed by atoms with E-state index in [4.69, 9.17) is 5.73 Å². The Morgan fingerprint density at radius 2 is 1.82 bits per heavy atom. The normalized spacial score (nSPS) is 11.3. The van der Waals surface area contributed by atoms with Crippen molar-refractivity contribution in [2.45, 2.75) is 11.8 Å². The fraction of sp³-hybridized carbons (Fsp3) is 0.130. The van der Waals surface area contributed by atoms with Crippen molar-refractivity contribution in [2.24, 2.45) is 0 Å². The fourth-order valence-corrected chi connectivity index (χ4v) is 4.91. The van der Waals surface area contributed by atoms with E-state index < -0.39 is 15.7 Å². The maximum absolute atomic E-state index is 15.0. The smallest absolute Gasteiger partial charge is 0.177 e. The number of halogens is 1. The van der Waals surface area contributed by atoms with Crippen molar-refractivity contribution in [3.8, 4) is 17.2 Å². The summed E-state index contributed by atoms with van der Waals surface area (Å²) in [5, 5.41) is 9.57. The first-order chi connectivity index (χ1) is 15.8. The van der Waals surface area contributed by atoms with Crippen LogP contribution in [0.2, 0.25) is 0 Å². The molecule has 4 rings (SSSR count). The van der Waals surface area contributed by atoms with Crippen LogP contribution in [0, 0.1) is 17.1 Å². The predicted octanol–water partition coefficient (Wildman–Crippen LogP) is 3.85. The number of nitriles is 1. The molecule has 0 aliphatic carbocycles. The molecule has 0 radical (unpaired) electrons. The first-order valence-corrected chi connectivity index (χ1v) is 11.8. The zero-order valence-electron chi connectivity index (χ0n) is 17.8. The van der Waals surface area contributed by atoms with E-state index >= 15 is 0 Å². The third-order valence-corrected chi connectivity index (χ3v) is 6.27. The molecule has 2 aromatic carbocycles. The summed E-state index contributed by atoms with van der Waals surface area (Å²) in [6.07, 6.45) is 2.25. The van der Waals surface area contributed by atoms with Gasteiger partial charge < -0.3 is 10.6 Å². The third kappa shape index (κ3) is 3.83. The van der Waals surface area contributed by atoms with E-state index in [-0.39, 0.29) is 50.9 Å². The number of anilines is 3. The summed E-state index contributed by atoms with van der Waals surface area (Å²) in [5.74, 6) is -0.335. The highest BCUT2D eigenvalue weighted by Crippen LogP contribution is 2.42. The number of aromatic nitrogens is 3. The van der Waals surface area contributed by atoms with Crippen LogP contribution >= 0.6 is 0 Å². The third-order valence-electron chi connectivity index (χ3n) is 5.12. The quantitative estimate of drug-likeness (QED) is 0.474. The second kappa shape index (κ2) is 8.44. The minimum atomic E-state index is -3.93. The van der Waals surface area contributed by atoms with Gasteiger partial charge in [-0.15, -0.1) is 0 Å². The van der Waals surface area contributed by atoms with Crippen LogP contribution in [0.1, 0.15) is 12.5 Å². The number of benzene rings is 2. The zero-order chi connectivity index (χ0) is 23.8. The van der Waals surface area contributed by atoms with Crippen LogP contribution in [0.4, 0.5) is 21.8 Å². The Balaban J connectivity index is 2.22. The Morgan fingerprint density at radius 3 is 2.45 bits per heavy atom. The Morgan fingerprint density at radius 1 is 1.09 bits per heavy atom. The van der Waals surface area contributed by atoms with Gasteiger partial charge in [0.25, 0.3) is 0 Å². The van der Waals surface area contributed by atoms with E-state index in [0.29, 0.717) is 5.56 Å². The number of nitrogen functional groups attached to an aromatic ring is 1. The van der Waals surface area contributed by atoms with E-state index in [9.17, 15) is 18.1 Å². The number of sulfone groups is 1. The molecule has 166 valence electrons. The van der Waals surface area contributed by atoms with Crippen LogP contribution in [0.25, 0.3) is 22.0 Å². The molecule has 0 amide bonds. The van der Waals surface area contributed by atoms with Gasteiger partial charge in [-0.2, -0.15) is 5.26 Å². The second-order valence-corrected chi connectivity index (χ2v) is 9.18. The Hall–Kier alpha value is -4.10. The second-order valence-electron chi connectivity index (χ2n) is 7.23. The van der Waals surface area contributed by atoms with Gasteiger partial charge in [-0.3, -0.25) is 0 Å². The molecule has 8 nitrogen and oxygen atoms in total. The van der Waals surface area contributed by atoms with Gasteiger partial charge in [0.1, 0.15) is 35.4 Å². The molecule has 2 N–H and O–H groups in total. The summed E-state index contributed by atoms with van der Waals surface area (Å²) in [5.41, 5.74) is 6.80. The molecule has 10 heteroatoms. The largest absolute Gasteiger partial charge is 0.382 e. The molecule has 0 saturated carbocycles. The molecular weight excluding hydrogens is 443 g/mol. The van der Waals surface area contributed by atoms with E-state index in [2.05, 4.69) is 15.0 Å². The lowest BCUT2D eigenvalue weighted by Crippen LogP contribution is -2.23. The van der Waals surface area contributed by atoms with Crippen LogP contribution in [0.15, 0.2) is 59.8 Å². The Kier molecular flexibility index (Phi) is 5.66. The first kappa shape index (κ1) is 22.1. The van der Waals surface area contributed by atoms with Gasteiger partial charge in [0.2, 0.25) is 0 Å². The minimum Gasteiger partial charge on any atom is -0.382 e. The van der Waals surface area contributed by atoms with Crippen molar-refractivity contribution in [2.75, 3.05) is 23.4 Å². The van der Waals surface area contributed by atoms with Crippen molar-refractivity contribution in [3.05, 3.63) is 66.2 Å². The first-order valence-electron chi connectivity index (χ1n) is 9.93. The molecule has 0 unspecified atom stereocenters. The van der Waals surface area contributed by atoms with Gasteiger partial charge in [-0.25, -0.2) is 27.8 Å². The van der Waals surface area contributed by atoms with Gasteiger partial charge in [-0.1, -0.05) is 36.4 Å². The van der Waals surface area contributed by atoms with E-state index in [0.717, 1.165) is 6.26 Å². The van der Waals surface area contributed by atoms with Gasteiger partial charge in [0.15, 0.2) is 15.7 Å². The summed E-state index contributed by atoms with van der Waals surface area (Å²) < 4.78 is 41.1. The number of nitrogens with two attached hydrogens (primary N) is 1. The highest BCUT2D eigenvalue weighted by molar-refractivity contribution is 7.91. The maximum atomic E-state index is 15.0. The van der Waals surface area contributed by atoms with Crippen molar-refractivity contribution in [1.29, 1.82) is 5.26 Å². The van der Waals surface area contributed by atoms with E-state index in [1.165, 1.54) is 18.5 Å². The van der Waals surface area contributed by atoms with E-state index in [1.807, 2.05) is 6.07 Å². The van der Waals surface area contributed by atoms with Crippen LogP contribution in [0.3, 0.4) is 0 Å². The van der Waals surface area contributed by atoms with Crippen molar-refractivity contribution < 1.29 is 12.8 Å². The van der Waals surface area contributed by atoms with Gasteiger partial charge >= 0.3 is 0 Å². The van der Waals surface area contributed by atoms with Gasteiger partial charge in [0, 0.05) is 18.4 Å². The number of pyridine rings is 1. The number of rotatable bonds is 5. The number of hydrogen-bond acceptors (Lipinski definition) is 8. The molecule has 0 aliphatic rings. The maximum Gasteiger partial charge on any atom is 0.177 e. The molecule has 0 atom stereocenters. The molecule has 33 heavy (non-hydrogen) atoms. The Bertz CT molecular complexity index is 1520. The molecule has 0 fully saturated rings. The van der Waals surface area contributed by atoms with E-state index in [1.54, 1.807) is 48.2 Å². The van der Waals surface area contributed by atoms with Crippen LogP contribution < -0.4 is 10.6 Å². The highest BCUT2D eigenvalue weighted by Gasteiger charge is 2.29. The van der Waals surface area contributed by atoms with Crippen LogP contribution in [0.5, 0.6) is 0 Å². The molecule has 2 heterocycles. The minimum absolute atomic E-state index is 0.0163. The fourth-order valence-electron chi connectivity index (χ4n) is 3.76. The van der Waals surface area contributed by atoms with Gasteiger partial charge in [-0.05, 0) is 24.6 Å². The summed E-state index contributed by atoms with van der Waals surface area (Å²) in [7, 11) is -3.93. The van der Waals surface area contributed by atoms with Gasteiger partial charge in [0.05, 0.1) is 15.8 Å². The number of hydrogen-bond donors (Lipinski definition) is 1. The summed E-state index contributed by atoms with van der Waals surface area (Å²) in [4.78, 5) is 14.1.